The van der Waals surface area contributed by atoms with Gasteiger partial charge in [-0.3, -0.25) is 0 Å². The van der Waals surface area contributed by atoms with Gasteiger partial charge in [0.15, 0.2) is 0 Å². The zero-order chi connectivity index (χ0) is 22.2. The van der Waals surface area contributed by atoms with Crippen LogP contribution in [0.4, 0.5) is 0 Å². The average molecular weight is 431 g/mol. The molecule has 0 unspecified atom stereocenters. The Morgan fingerprint density at radius 2 is 0.765 bits per heavy atom. The first-order chi connectivity index (χ1) is 16.8. The predicted molar refractivity (Wildman–Crippen MR) is 145 cm³/mol. The van der Waals surface area contributed by atoms with Gasteiger partial charge in [0.25, 0.3) is 0 Å². The Labute approximate surface area is 195 Å². The van der Waals surface area contributed by atoms with Gasteiger partial charge in [0.2, 0.25) is 0 Å². The maximum atomic E-state index is 5.30. The number of hydrogen-bond acceptors (Lipinski definition) is 2. The molecule has 0 bridgehead atoms. The van der Waals surface area contributed by atoms with Crippen LogP contribution in [-0.4, -0.2) is 9.97 Å². The first-order valence-electron chi connectivity index (χ1n) is 11.6. The molecule has 0 N–H and O–H groups in total. The zero-order valence-electron chi connectivity index (χ0n) is 18.3. The zero-order valence-corrected chi connectivity index (χ0v) is 18.3. The summed E-state index contributed by atoms with van der Waals surface area (Å²) in [4.78, 5) is 10.6. The molecule has 2 nitrogen and oxygen atoms in total. The van der Waals surface area contributed by atoms with Crippen molar-refractivity contribution in [2.24, 2.45) is 0 Å². The van der Waals surface area contributed by atoms with Gasteiger partial charge < -0.3 is 0 Å². The fourth-order valence-electron chi connectivity index (χ4n) is 5.59. The Kier molecular flexibility index (Phi) is 3.42. The van der Waals surface area contributed by atoms with Crippen molar-refractivity contribution >= 4 is 75.9 Å². The highest BCUT2D eigenvalue weighted by atomic mass is 14.8. The van der Waals surface area contributed by atoms with Gasteiger partial charge in [-0.1, -0.05) is 97.1 Å². The fourth-order valence-corrected chi connectivity index (χ4v) is 5.59. The Morgan fingerprint density at radius 3 is 1.24 bits per heavy atom. The van der Waals surface area contributed by atoms with Gasteiger partial charge in [0.1, 0.15) is 0 Å². The molecule has 0 amide bonds. The van der Waals surface area contributed by atoms with Gasteiger partial charge in [-0.25, -0.2) is 9.97 Å². The molecule has 8 rings (SSSR count). The molecule has 8 aromatic rings. The molecule has 0 aliphatic heterocycles. The van der Waals surface area contributed by atoms with Crippen molar-refractivity contribution in [3.8, 4) is 0 Å². The van der Waals surface area contributed by atoms with E-state index in [0.29, 0.717) is 0 Å². The highest BCUT2D eigenvalue weighted by molar-refractivity contribution is 6.34. The van der Waals surface area contributed by atoms with Crippen LogP contribution in [0.25, 0.3) is 75.9 Å². The van der Waals surface area contributed by atoms with E-state index in [0.717, 1.165) is 22.1 Å². The highest BCUT2D eigenvalue weighted by Gasteiger charge is 2.16. The minimum absolute atomic E-state index is 0.931. The minimum atomic E-state index is 0.931. The lowest BCUT2D eigenvalue weighted by molar-refractivity contribution is 1.43. The predicted octanol–water partition coefficient (Wildman–Crippen LogP) is 8.55. The van der Waals surface area contributed by atoms with Gasteiger partial charge in [-0.15, -0.1) is 0 Å². The van der Waals surface area contributed by atoms with Crippen LogP contribution in [0, 0.1) is 0 Å². The van der Waals surface area contributed by atoms with E-state index in [1.807, 2.05) is 0 Å². The van der Waals surface area contributed by atoms with E-state index in [9.17, 15) is 0 Å². The van der Waals surface area contributed by atoms with E-state index in [-0.39, 0.29) is 0 Å². The molecular weight excluding hydrogens is 412 g/mol. The third-order valence-electron chi connectivity index (χ3n) is 7.15. The standard InChI is InChI=1S/C32H18N2/c1-2-10-22-18-28-27(17-21(22)9-1)33-31-29-23-11-5-3-7-19(23)13-15-25(29)26-16-14-20-8-4-6-12-24(20)30(26)32(31)34-28/h1-18H. The van der Waals surface area contributed by atoms with Crippen LogP contribution in [0.3, 0.4) is 0 Å². The SMILES string of the molecule is c1ccc2cc3nc4c(nc3cc2c1)c1c2ccccc2ccc1c1ccc2ccccc2c14. The molecule has 156 valence electrons. The number of benzene rings is 7. The summed E-state index contributed by atoms with van der Waals surface area (Å²) in [5.74, 6) is 0. The summed E-state index contributed by atoms with van der Waals surface area (Å²) in [5, 5.41) is 12.0. The Balaban J connectivity index is 1.72. The maximum absolute atomic E-state index is 5.30. The van der Waals surface area contributed by atoms with E-state index in [2.05, 4.69) is 109 Å². The lowest BCUT2D eigenvalue weighted by Gasteiger charge is -2.14. The monoisotopic (exact) mass is 430 g/mol. The third-order valence-corrected chi connectivity index (χ3v) is 7.15. The third kappa shape index (κ3) is 2.35. The van der Waals surface area contributed by atoms with Crippen LogP contribution < -0.4 is 0 Å². The summed E-state index contributed by atoms with van der Waals surface area (Å²) in [6.07, 6.45) is 0. The van der Waals surface area contributed by atoms with E-state index >= 15 is 0 Å². The molecule has 34 heavy (non-hydrogen) atoms. The van der Waals surface area contributed by atoms with Gasteiger partial charge >= 0.3 is 0 Å². The number of rotatable bonds is 0. The lowest BCUT2D eigenvalue weighted by Crippen LogP contribution is -1.93. The van der Waals surface area contributed by atoms with Crippen LogP contribution in [0.1, 0.15) is 0 Å². The fraction of sp³-hybridized carbons (Fsp3) is 0. The second kappa shape index (κ2) is 6.49. The topological polar surface area (TPSA) is 25.8 Å². The molecule has 0 saturated heterocycles. The second-order valence-corrected chi connectivity index (χ2v) is 9.03. The summed E-state index contributed by atoms with van der Waals surface area (Å²) < 4.78 is 0. The largest absolute Gasteiger partial charge is 0.244 e. The summed E-state index contributed by atoms with van der Waals surface area (Å²) >= 11 is 0. The van der Waals surface area contributed by atoms with Gasteiger partial charge in [-0.2, -0.15) is 0 Å². The number of aromatic nitrogens is 2. The molecule has 0 spiro atoms. The van der Waals surface area contributed by atoms with Crippen molar-refractivity contribution < 1.29 is 0 Å². The van der Waals surface area contributed by atoms with Crippen molar-refractivity contribution in [1.29, 1.82) is 0 Å². The normalized spacial score (nSPS) is 12.1. The maximum Gasteiger partial charge on any atom is 0.0986 e. The van der Waals surface area contributed by atoms with Crippen molar-refractivity contribution in [2.45, 2.75) is 0 Å². The van der Waals surface area contributed by atoms with E-state index in [1.54, 1.807) is 0 Å². The van der Waals surface area contributed by atoms with Crippen molar-refractivity contribution in [2.75, 3.05) is 0 Å². The quantitative estimate of drug-likeness (QED) is 0.178. The molecule has 7 aromatic carbocycles. The summed E-state index contributed by atoms with van der Waals surface area (Å²) in [6, 6.07) is 38.9. The molecule has 2 heteroatoms. The van der Waals surface area contributed by atoms with Crippen LogP contribution in [0.2, 0.25) is 0 Å². The van der Waals surface area contributed by atoms with Crippen LogP contribution in [0.5, 0.6) is 0 Å². The Morgan fingerprint density at radius 1 is 0.353 bits per heavy atom. The van der Waals surface area contributed by atoms with Gasteiger partial charge in [-0.05, 0) is 55.2 Å². The number of hydrogen-bond donors (Lipinski definition) is 0. The summed E-state index contributed by atoms with van der Waals surface area (Å²) in [7, 11) is 0. The van der Waals surface area contributed by atoms with Crippen LogP contribution in [-0.2, 0) is 0 Å². The Hall–Kier alpha value is -4.56. The Bertz CT molecular complexity index is 1970. The molecule has 0 atom stereocenters. The first kappa shape index (κ1) is 17.9. The number of nitrogens with zero attached hydrogens (tertiary/aromatic N) is 2. The molecule has 0 aliphatic carbocycles. The van der Waals surface area contributed by atoms with Crippen molar-refractivity contribution in [1.82, 2.24) is 9.97 Å². The molecule has 1 heterocycles. The van der Waals surface area contributed by atoms with Gasteiger partial charge in [0, 0.05) is 10.8 Å². The highest BCUT2D eigenvalue weighted by Crippen LogP contribution is 2.41. The van der Waals surface area contributed by atoms with E-state index in [4.69, 9.17) is 9.97 Å². The smallest absolute Gasteiger partial charge is 0.0986 e. The van der Waals surface area contributed by atoms with Crippen LogP contribution in [0.15, 0.2) is 109 Å². The number of fused-ring (bicyclic) bond motifs is 12. The molecule has 0 radical (unpaired) electrons. The van der Waals surface area contributed by atoms with Crippen LogP contribution >= 0.6 is 0 Å². The molecule has 1 aromatic heterocycles. The van der Waals surface area contributed by atoms with Gasteiger partial charge in [0.05, 0.1) is 22.1 Å². The molecule has 0 saturated carbocycles. The second-order valence-electron chi connectivity index (χ2n) is 9.03. The van der Waals surface area contributed by atoms with E-state index in [1.165, 1.54) is 53.9 Å². The molecule has 0 fully saturated rings. The average Bonchev–Trinajstić information content (AvgIpc) is 2.90. The summed E-state index contributed by atoms with van der Waals surface area (Å²) in [6.45, 7) is 0. The lowest BCUT2D eigenvalue weighted by atomic mass is 9.92. The minimum Gasteiger partial charge on any atom is -0.244 e. The molecule has 0 aliphatic rings. The van der Waals surface area contributed by atoms with Crippen molar-refractivity contribution in [3.63, 3.8) is 0 Å². The summed E-state index contributed by atoms with van der Waals surface area (Å²) in [5.41, 5.74) is 3.80. The van der Waals surface area contributed by atoms with E-state index < -0.39 is 0 Å². The molecular formula is C32H18N2. The van der Waals surface area contributed by atoms with Crippen molar-refractivity contribution in [3.05, 3.63) is 109 Å². The first-order valence-corrected chi connectivity index (χ1v) is 11.6.